The summed E-state index contributed by atoms with van der Waals surface area (Å²) in [6.45, 7) is 13.9. The molecule has 3 heterocycles. The number of amides is 2. The molecule has 2 saturated heterocycles. The SMILES string of the molecule is CC(C)C.CC(C)C[C@@H]1NCCN(CC(=O)N2CCC(Cc3ncc[nH]3)CC2)C1=O. The van der Waals surface area contributed by atoms with E-state index >= 15 is 0 Å². The van der Waals surface area contributed by atoms with Gasteiger partial charge in [0.05, 0.1) is 12.6 Å². The fraction of sp³-hybridized carbons (Fsp3) is 0.783. The van der Waals surface area contributed by atoms with E-state index in [9.17, 15) is 9.59 Å². The topological polar surface area (TPSA) is 81.3 Å². The molecule has 2 fully saturated rings. The highest BCUT2D eigenvalue weighted by atomic mass is 16.2. The quantitative estimate of drug-likeness (QED) is 0.743. The Labute approximate surface area is 182 Å². The van der Waals surface area contributed by atoms with Crippen LogP contribution in [0.5, 0.6) is 0 Å². The summed E-state index contributed by atoms with van der Waals surface area (Å²) >= 11 is 0. The van der Waals surface area contributed by atoms with Crippen LogP contribution in [-0.4, -0.2) is 70.3 Å². The molecule has 2 N–H and O–H groups in total. The first-order chi connectivity index (χ1) is 14.3. The molecule has 0 aromatic carbocycles. The fourth-order valence-corrected chi connectivity index (χ4v) is 3.94. The third kappa shape index (κ3) is 8.09. The average Bonchev–Trinajstić information content (AvgIpc) is 3.18. The van der Waals surface area contributed by atoms with E-state index in [4.69, 9.17) is 0 Å². The number of carbonyl (C=O) groups is 2. The number of nitrogens with zero attached hydrogens (tertiary/aromatic N) is 3. The minimum absolute atomic E-state index is 0.0750. The van der Waals surface area contributed by atoms with Crippen LogP contribution in [-0.2, 0) is 16.0 Å². The molecule has 2 amide bonds. The maximum Gasteiger partial charge on any atom is 0.242 e. The highest BCUT2D eigenvalue weighted by Crippen LogP contribution is 2.21. The second-order valence-electron chi connectivity index (χ2n) is 9.69. The summed E-state index contributed by atoms with van der Waals surface area (Å²) in [6, 6.07) is -0.143. The molecule has 0 bridgehead atoms. The second kappa shape index (κ2) is 12.1. The molecule has 30 heavy (non-hydrogen) atoms. The van der Waals surface area contributed by atoms with E-state index in [-0.39, 0.29) is 24.4 Å². The summed E-state index contributed by atoms with van der Waals surface area (Å²) in [5.41, 5.74) is 0. The predicted octanol–water partition coefficient (Wildman–Crippen LogP) is 2.70. The van der Waals surface area contributed by atoms with Crippen molar-refractivity contribution in [2.75, 3.05) is 32.7 Å². The molecule has 2 aliphatic heterocycles. The monoisotopic (exact) mass is 419 g/mol. The Hall–Kier alpha value is -1.89. The molecule has 1 atom stereocenters. The number of imidazole rings is 1. The lowest BCUT2D eigenvalue weighted by atomic mass is 9.93. The highest BCUT2D eigenvalue weighted by molar-refractivity contribution is 5.88. The third-order valence-corrected chi connectivity index (χ3v) is 5.42. The number of aromatic nitrogens is 2. The number of H-pyrrole nitrogens is 1. The van der Waals surface area contributed by atoms with Crippen molar-refractivity contribution in [3.8, 4) is 0 Å². The molecular formula is C23H41N5O2. The van der Waals surface area contributed by atoms with Gasteiger partial charge < -0.3 is 20.1 Å². The molecule has 7 heteroatoms. The molecule has 0 radical (unpaired) electrons. The normalized spacial score (nSPS) is 20.5. The fourth-order valence-electron chi connectivity index (χ4n) is 3.94. The summed E-state index contributed by atoms with van der Waals surface area (Å²) < 4.78 is 0. The molecule has 0 spiro atoms. The van der Waals surface area contributed by atoms with Gasteiger partial charge in [-0.2, -0.15) is 0 Å². The van der Waals surface area contributed by atoms with E-state index in [1.165, 1.54) is 0 Å². The van der Waals surface area contributed by atoms with Crippen molar-refractivity contribution in [2.45, 2.75) is 66.3 Å². The molecule has 1 aromatic rings. The first kappa shape index (κ1) is 24.4. The Bertz CT molecular complexity index is 633. The standard InChI is InChI=1S/C19H31N5O2.C4H10/c1-14(2)11-16-19(26)24(10-7-20-16)13-18(25)23-8-3-15(4-9-23)12-17-21-5-6-22-17;1-4(2)3/h5-6,14-16,20H,3-4,7-13H2,1-2H3,(H,21,22);4H,1-3H3/t16-;/m0./s1. The van der Waals surface area contributed by atoms with Crippen LogP contribution in [0.1, 0.15) is 59.7 Å². The molecule has 170 valence electrons. The number of hydrogen-bond donors (Lipinski definition) is 2. The number of nitrogens with one attached hydrogen (secondary N) is 2. The summed E-state index contributed by atoms with van der Waals surface area (Å²) in [6.07, 6.45) is 7.40. The van der Waals surface area contributed by atoms with E-state index < -0.39 is 0 Å². The molecule has 2 aliphatic rings. The first-order valence-corrected chi connectivity index (χ1v) is 11.5. The lowest BCUT2D eigenvalue weighted by molar-refractivity contribution is -0.144. The van der Waals surface area contributed by atoms with Gasteiger partial charge in [-0.1, -0.05) is 34.6 Å². The zero-order chi connectivity index (χ0) is 22.1. The van der Waals surface area contributed by atoms with Crippen LogP contribution in [0.2, 0.25) is 0 Å². The van der Waals surface area contributed by atoms with Gasteiger partial charge in [0.2, 0.25) is 11.8 Å². The van der Waals surface area contributed by atoms with Crippen molar-refractivity contribution in [3.05, 3.63) is 18.2 Å². The minimum Gasteiger partial charge on any atom is -0.349 e. The molecule has 0 unspecified atom stereocenters. The van der Waals surface area contributed by atoms with Crippen molar-refractivity contribution >= 4 is 11.8 Å². The molecule has 7 nitrogen and oxygen atoms in total. The zero-order valence-electron chi connectivity index (χ0n) is 19.5. The molecular weight excluding hydrogens is 378 g/mol. The lowest BCUT2D eigenvalue weighted by Crippen LogP contribution is -2.57. The van der Waals surface area contributed by atoms with Gasteiger partial charge in [0.15, 0.2) is 0 Å². The van der Waals surface area contributed by atoms with E-state index in [2.05, 4.69) is 49.9 Å². The van der Waals surface area contributed by atoms with Crippen LogP contribution in [0.15, 0.2) is 12.4 Å². The highest BCUT2D eigenvalue weighted by Gasteiger charge is 2.31. The van der Waals surface area contributed by atoms with E-state index in [0.29, 0.717) is 18.4 Å². The second-order valence-corrected chi connectivity index (χ2v) is 9.69. The Morgan fingerprint density at radius 1 is 1.17 bits per heavy atom. The Kier molecular flexibility index (Phi) is 9.82. The number of piperazine rings is 1. The van der Waals surface area contributed by atoms with Crippen molar-refractivity contribution in [2.24, 2.45) is 17.8 Å². The maximum atomic E-state index is 12.7. The van der Waals surface area contributed by atoms with Gasteiger partial charge in [0, 0.05) is 45.0 Å². The maximum absolute atomic E-state index is 12.7. The number of aromatic amines is 1. The number of rotatable bonds is 6. The van der Waals surface area contributed by atoms with Crippen molar-refractivity contribution in [3.63, 3.8) is 0 Å². The lowest BCUT2D eigenvalue weighted by Gasteiger charge is -2.36. The molecule has 3 rings (SSSR count). The van der Waals surface area contributed by atoms with Gasteiger partial charge in [-0.25, -0.2) is 4.98 Å². The summed E-state index contributed by atoms with van der Waals surface area (Å²) in [4.78, 5) is 36.4. The number of likely N-dealkylation sites (tertiary alicyclic amines) is 1. The summed E-state index contributed by atoms with van der Waals surface area (Å²) in [5, 5.41) is 3.28. The first-order valence-electron chi connectivity index (χ1n) is 11.5. The summed E-state index contributed by atoms with van der Waals surface area (Å²) in [7, 11) is 0. The molecule has 0 saturated carbocycles. The van der Waals surface area contributed by atoms with Gasteiger partial charge in [-0.3, -0.25) is 9.59 Å². The van der Waals surface area contributed by atoms with E-state index in [1.807, 2.05) is 11.1 Å². The molecule has 1 aromatic heterocycles. The van der Waals surface area contributed by atoms with Gasteiger partial charge >= 0.3 is 0 Å². The Morgan fingerprint density at radius 2 is 1.83 bits per heavy atom. The van der Waals surface area contributed by atoms with Crippen molar-refractivity contribution < 1.29 is 9.59 Å². The van der Waals surface area contributed by atoms with Gasteiger partial charge in [0.1, 0.15) is 5.82 Å². The van der Waals surface area contributed by atoms with Crippen LogP contribution in [0, 0.1) is 17.8 Å². The minimum atomic E-state index is -0.143. The van der Waals surface area contributed by atoms with Crippen LogP contribution in [0.4, 0.5) is 0 Å². The van der Waals surface area contributed by atoms with Crippen molar-refractivity contribution in [1.29, 1.82) is 0 Å². The Balaban J connectivity index is 0.000000735. The largest absolute Gasteiger partial charge is 0.349 e. The van der Waals surface area contributed by atoms with E-state index in [0.717, 1.165) is 57.1 Å². The third-order valence-electron chi connectivity index (χ3n) is 5.42. The number of hydrogen-bond acceptors (Lipinski definition) is 4. The van der Waals surface area contributed by atoms with Gasteiger partial charge in [-0.05, 0) is 37.0 Å². The van der Waals surface area contributed by atoms with Crippen LogP contribution in [0.25, 0.3) is 0 Å². The van der Waals surface area contributed by atoms with Gasteiger partial charge in [0.25, 0.3) is 0 Å². The van der Waals surface area contributed by atoms with Crippen molar-refractivity contribution in [1.82, 2.24) is 25.1 Å². The smallest absolute Gasteiger partial charge is 0.242 e. The van der Waals surface area contributed by atoms with Crippen LogP contribution >= 0.6 is 0 Å². The van der Waals surface area contributed by atoms with E-state index in [1.54, 1.807) is 11.1 Å². The number of carbonyl (C=O) groups excluding carboxylic acids is 2. The number of piperidine rings is 1. The summed E-state index contributed by atoms with van der Waals surface area (Å²) in [5.74, 6) is 3.05. The van der Waals surface area contributed by atoms with Crippen LogP contribution < -0.4 is 5.32 Å². The molecule has 0 aliphatic carbocycles. The predicted molar refractivity (Wildman–Crippen MR) is 120 cm³/mol. The average molecular weight is 420 g/mol. The van der Waals surface area contributed by atoms with Crippen LogP contribution in [0.3, 0.4) is 0 Å². The van der Waals surface area contributed by atoms with Gasteiger partial charge in [-0.15, -0.1) is 0 Å². The Morgan fingerprint density at radius 3 is 2.40 bits per heavy atom. The zero-order valence-corrected chi connectivity index (χ0v) is 19.5.